The highest BCUT2D eigenvalue weighted by Gasteiger charge is 2.32. The van der Waals surface area contributed by atoms with Gasteiger partial charge in [0.25, 0.3) is 0 Å². The number of rotatable bonds is 4. The van der Waals surface area contributed by atoms with Crippen molar-refractivity contribution in [2.24, 2.45) is 11.7 Å². The summed E-state index contributed by atoms with van der Waals surface area (Å²) >= 11 is 0. The van der Waals surface area contributed by atoms with Crippen molar-refractivity contribution in [3.63, 3.8) is 0 Å². The van der Waals surface area contributed by atoms with Gasteiger partial charge in [-0.3, -0.25) is 9.59 Å². The van der Waals surface area contributed by atoms with E-state index in [2.05, 4.69) is 0 Å². The summed E-state index contributed by atoms with van der Waals surface area (Å²) in [5.74, 6) is -1.35. The number of carboxylic acid groups (broad SMARTS) is 1. The highest BCUT2D eigenvalue weighted by atomic mass is 16.4. The highest BCUT2D eigenvalue weighted by Crippen LogP contribution is 2.16. The minimum absolute atomic E-state index is 0.00820. The lowest BCUT2D eigenvalue weighted by Gasteiger charge is -2.36. The van der Waals surface area contributed by atoms with Gasteiger partial charge in [0.15, 0.2) is 0 Å². The zero-order chi connectivity index (χ0) is 13.1. The Balaban J connectivity index is 4.91. The lowest BCUT2D eigenvalue weighted by Crippen LogP contribution is -2.55. The summed E-state index contributed by atoms with van der Waals surface area (Å²) in [6.45, 7) is 8.74. The monoisotopic (exact) mass is 230 g/mol. The Morgan fingerprint density at radius 2 is 1.75 bits per heavy atom. The summed E-state index contributed by atoms with van der Waals surface area (Å²) < 4.78 is 0. The summed E-state index contributed by atoms with van der Waals surface area (Å²) in [5, 5.41) is 8.78. The smallest absolute Gasteiger partial charge is 0.323 e. The molecular weight excluding hydrogens is 208 g/mol. The fourth-order valence-electron chi connectivity index (χ4n) is 1.25. The van der Waals surface area contributed by atoms with E-state index in [0.29, 0.717) is 0 Å². The Morgan fingerprint density at radius 1 is 1.31 bits per heavy atom. The number of amides is 1. The van der Waals surface area contributed by atoms with Gasteiger partial charge < -0.3 is 15.7 Å². The number of hydrogen-bond acceptors (Lipinski definition) is 3. The minimum atomic E-state index is -1.03. The zero-order valence-corrected chi connectivity index (χ0v) is 10.7. The Hall–Kier alpha value is -1.10. The van der Waals surface area contributed by atoms with Gasteiger partial charge in [0, 0.05) is 5.54 Å². The van der Waals surface area contributed by atoms with Gasteiger partial charge in [-0.05, 0) is 26.7 Å². The van der Waals surface area contributed by atoms with Gasteiger partial charge in [0.2, 0.25) is 5.91 Å². The highest BCUT2D eigenvalue weighted by molar-refractivity contribution is 5.86. The van der Waals surface area contributed by atoms with Gasteiger partial charge in [-0.1, -0.05) is 13.8 Å². The average molecular weight is 230 g/mol. The molecule has 0 unspecified atom stereocenters. The van der Waals surface area contributed by atoms with Crippen molar-refractivity contribution in [1.29, 1.82) is 0 Å². The van der Waals surface area contributed by atoms with E-state index in [0.717, 1.165) is 0 Å². The van der Waals surface area contributed by atoms with Gasteiger partial charge in [0.1, 0.15) is 6.54 Å². The first kappa shape index (κ1) is 14.9. The van der Waals surface area contributed by atoms with Crippen molar-refractivity contribution in [2.45, 2.75) is 46.2 Å². The van der Waals surface area contributed by atoms with E-state index in [4.69, 9.17) is 10.8 Å². The Labute approximate surface area is 96.6 Å². The van der Waals surface area contributed by atoms with Crippen LogP contribution in [0.25, 0.3) is 0 Å². The summed E-state index contributed by atoms with van der Waals surface area (Å²) in [6.07, 6.45) is 0. The quantitative estimate of drug-likeness (QED) is 0.744. The minimum Gasteiger partial charge on any atom is -0.480 e. The molecule has 1 amide bonds. The largest absolute Gasteiger partial charge is 0.480 e. The van der Waals surface area contributed by atoms with Crippen molar-refractivity contribution in [3.05, 3.63) is 0 Å². The number of aliphatic carboxylic acids is 1. The topological polar surface area (TPSA) is 83.6 Å². The van der Waals surface area contributed by atoms with Crippen LogP contribution in [0.2, 0.25) is 0 Å². The maximum absolute atomic E-state index is 12.0. The third-order valence-corrected chi connectivity index (χ3v) is 2.37. The summed E-state index contributed by atoms with van der Waals surface area (Å²) in [6, 6.07) is -0.654. The van der Waals surface area contributed by atoms with E-state index in [9.17, 15) is 9.59 Å². The maximum atomic E-state index is 12.0. The second-order valence-corrected chi connectivity index (χ2v) is 5.26. The van der Waals surface area contributed by atoms with Gasteiger partial charge in [-0.25, -0.2) is 0 Å². The Morgan fingerprint density at radius 3 is 2.00 bits per heavy atom. The second kappa shape index (κ2) is 5.30. The molecular formula is C11H22N2O3. The summed E-state index contributed by atoms with van der Waals surface area (Å²) in [4.78, 5) is 24.0. The third-order valence-electron chi connectivity index (χ3n) is 2.37. The van der Waals surface area contributed by atoms with Gasteiger partial charge in [-0.2, -0.15) is 0 Å². The Bertz CT molecular complexity index is 269. The van der Waals surface area contributed by atoms with Gasteiger partial charge in [-0.15, -0.1) is 0 Å². The van der Waals surface area contributed by atoms with Crippen LogP contribution in [0.1, 0.15) is 34.6 Å². The molecule has 16 heavy (non-hydrogen) atoms. The molecule has 0 saturated heterocycles. The molecule has 0 fully saturated rings. The summed E-state index contributed by atoms with van der Waals surface area (Å²) in [7, 11) is 0. The standard InChI is InChI=1S/C11H22N2O3/c1-7(2)9(12)10(16)13(6-8(14)15)11(3,4)5/h7,9H,6,12H2,1-5H3,(H,14,15)/t9-/m1/s1. The number of hydrogen-bond donors (Lipinski definition) is 2. The molecule has 0 aliphatic carbocycles. The van der Waals surface area contributed by atoms with E-state index in [1.165, 1.54) is 4.90 Å². The van der Waals surface area contributed by atoms with Crippen molar-refractivity contribution >= 4 is 11.9 Å². The van der Waals surface area contributed by atoms with Crippen LogP contribution in [-0.2, 0) is 9.59 Å². The predicted molar refractivity (Wildman–Crippen MR) is 61.9 cm³/mol. The van der Waals surface area contributed by atoms with E-state index in [1.54, 1.807) is 20.8 Å². The second-order valence-electron chi connectivity index (χ2n) is 5.26. The maximum Gasteiger partial charge on any atom is 0.323 e. The van der Waals surface area contributed by atoms with Crippen molar-refractivity contribution in [3.8, 4) is 0 Å². The molecule has 5 nitrogen and oxygen atoms in total. The first-order valence-corrected chi connectivity index (χ1v) is 5.36. The summed E-state index contributed by atoms with van der Waals surface area (Å²) in [5.41, 5.74) is 5.21. The first-order valence-electron chi connectivity index (χ1n) is 5.36. The molecule has 0 aliphatic rings. The van der Waals surface area contributed by atoms with E-state index >= 15 is 0 Å². The lowest BCUT2D eigenvalue weighted by atomic mass is 9.99. The molecule has 3 N–H and O–H groups in total. The fourth-order valence-corrected chi connectivity index (χ4v) is 1.25. The van der Waals surface area contributed by atoms with Gasteiger partial charge >= 0.3 is 5.97 Å². The molecule has 5 heteroatoms. The molecule has 0 bridgehead atoms. The van der Waals surface area contributed by atoms with Crippen LogP contribution in [0.3, 0.4) is 0 Å². The van der Waals surface area contributed by atoms with Crippen LogP contribution in [0.4, 0.5) is 0 Å². The number of carboxylic acids is 1. The van der Waals surface area contributed by atoms with E-state index < -0.39 is 17.6 Å². The van der Waals surface area contributed by atoms with E-state index in [1.807, 2.05) is 13.8 Å². The SMILES string of the molecule is CC(C)[C@@H](N)C(=O)N(CC(=O)O)C(C)(C)C. The van der Waals surface area contributed by atoms with Crippen LogP contribution in [-0.4, -0.2) is 40.0 Å². The molecule has 0 rings (SSSR count). The third kappa shape index (κ3) is 4.18. The first-order chi connectivity index (χ1) is 7.07. The molecule has 0 saturated carbocycles. The van der Waals surface area contributed by atoms with Gasteiger partial charge in [0.05, 0.1) is 6.04 Å². The Kier molecular flexibility index (Phi) is 4.93. The average Bonchev–Trinajstić information content (AvgIpc) is 2.09. The molecule has 0 aromatic heterocycles. The van der Waals surface area contributed by atoms with Crippen LogP contribution in [0.5, 0.6) is 0 Å². The van der Waals surface area contributed by atoms with Crippen LogP contribution >= 0.6 is 0 Å². The van der Waals surface area contributed by atoms with Crippen molar-refractivity contribution < 1.29 is 14.7 Å². The number of nitrogens with two attached hydrogens (primary N) is 1. The van der Waals surface area contributed by atoms with Crippen LogP contribution in [0.15, 0.2) is 0 Å². The molecule has 1 atom stereocenters. The van der Waals surface area contributed by atoms with Crippen LogP contribution < -0.4 is 5.73 Å². The number of carbonyl (C=O) groups is 2. The lowest BCUT2D eigenvalue weighted by molar-refractivity contribution is -0.149. The molecule has 0 aliphatic heterocycles. The van der Waals surface area contributed by atoms with Crippen LogP contribution in [0, 0.1) is 5.92 Å². The molecule has 0 aromatic carbocycles. The molecule has 0 radical (unpaired) electrons. The molecule has 0 heterocycles. The zero-order valence-electron chi connectivity index (χ0n) is 10.7. The predicted octanol–water partition coefficient (Wildman–Crippen LogP) is 0.681. The normalized spacial score (nSPS) is 13.7. The number of carbonyl (C=O) groups excluding carboxylic acids is 1. The van der Waals surface area contributed by atoms with E-state index in [-0.39, 0.29) is 18.4 Å². The molecule has 94 valence electrons. The molecule has 0 spiro atoms. The molecule has 0 aromatic rings. The van der Waals surface area contributed by atoms with Crippen molar-refractivity contribution in [2.75, 3.05) is 6.54 Å². The number of nitrogens with zero attached hydrogens (tertiary/aromatic N) is 1. The fraction of sp³-hybridized carbons (Fsp3) is 0.818. The van der Waals surface area contributed by atoms with Crippen molar-refractivity contribution in [1.82, 2.24) is 4.90 Å².